The summed E-state index contributed by atoms with van der Waals surface area (Å²) in [4.78, 5) is 14.6. The Labute approximate surface area is 122 Å². The minimum Gasteiger partial charge on any atom is -0.368 e. The summed E-state index contributed by atoms with van der Waals surface area (Å²) in [6.07, 6.45) is 3.00. The third-order valence-corrected chi connectivity index (χ3v) is 4.08. The number of H-pyrrole nitrogens is 1. The number of hydrogen-bond acceptors (Lipinski definition) is 6. The van der Waals surface area contributed by atoms with Gasteiger partial charge >= 0.3 is 0 Å². The topological polar surface area (TPSA) is 80.1 Å². The highest BCUT2D eigenvalue weighted by Crippen LogP contribution is 2.27. The van der Waals surface area contributed by atoms with Crippen molar-refractivity contribution in [2.24, 2.45) is 0 Å². The van der Waals surface area contributed by atoms with Crippen LogP contribution in [0.25, 0.3) is 0 Å². The number of aryl methyl sites for hydroxylation is 1. The summed E-state index contributed by atoms with van der Waals surface area (Å²) in [6, 6.07) is 0. The van der Waals surface area contributed by atoms with E-state index < -0.39 is 0 Å². The van der Waals surface area contributed by atoms with Gasteiger partial charge in [0.2, 0.25) is 0 Å². The second kappa shape index (κ2) is 5.23. The Kier molecular flexibility index (Phi) is 3.23. The van der Waals surface area contributed by atoms with Gasteiger partial charge in [-0.15, -0.1) is 0 Å². The lowest BCUT2D eigenvalue weighted by molar-refractivity contribution is 0.0835. The van der Waals surface area contributed by atoms with Gasteiger partial charge < -0.3 is 14.2 Å². The SMILES string of the molecule is Cc1nc2c([nH]1)CN(Cc1noc([C@@H]3CCCO3)n1)CC2. The summed E-state index contributed by atoms with van der Waals surface area (Å²) in [5.74, 6) is 2.35. The Bertz CT molecular complexity index is 629. The van der Waals surface area contributed by atoms with Crippen molar-refractivity contribution in [1.82, 2.24) is 25.0 Å². The second-order valence-electron chi connectivity index (χ2n) is 5.76. The number of fused-ring (bicyclic) bond motifs is 1. The van der Waals surface area contributed by atoms with Crippen molar-refractivity contribution in [1.29, 1.82) is 0 Å². The molecule has 2 aromatic rings. The van der Waals surface area contributed by atoms with E-state index in [9.17, 15) is 0 Å². The van der Waals surface area contributed by atoms with Crippen LogP contribution in [0.2, 0.25) is 0 Å². The summed E-state index contributed by atoms with van der Waals surface area (Å²) in [5, 5.41) is 4.08. The first-order valence-corrected chi connectivity index (χ1v) is 7.49. The van der Waals surface area contributed by atoms with Crippen LogP contribution >= 0.6 is 0 Å². The molecule has 1 N–H and O–H groups in total. The van der Waals surface area contributed by atoms with E-state index in [2.05, 4.69) is 25.0 Å². The Balaban J connectivity index is 1.42. The first-order valence-electron chi connectivity index (χ1n) is 7.49. The maximum atomic E-state index is 5.57. The first-order chi connectivity index (χ1) is 10.3. The Morgan fingerprint density at radius 2 is 2.33 bits per heavy atom. The van der Waals surface area contributed by atoms with Crippen LogP contribution in [0.3, 0.4) is 0 Å². The quantitative estimate of drug-likeness (QED) is 0.922. The molecule has 0 bridgehead atoms. The van der Waals surface area contributed by atoms with Crippen LogP contribution in [0.5, 0.6) is 0 Å². The molecule has 0 amide bonds. The highest BCUT2D eigenvalue weighted by molar-refractivity contribution is 5.17. The maximum absolute atomic E-state index is 5.57. The third kappa shape index (κ3) is 2.58. The summed E-state index contributed by atoms with van der Waals surface area (Å²) >= 11 is 0. The fourth-order valence-corrected chi connectivity index (χ4v) is 3.06. The normalized spacial score (nSPS) is 22.6. The molecule has 1 atom stereocenters. The van der Waals surface area contributed by atoms with Crippen molar-refractivity contribution < 1.29 is 9.26 Å². The molecule has 112 valence electrons. The molecule has 0 saturated carbocycles. The fourth-order valence-electron chi connectivity index (χ4n) is 3.06. The number of hydrogen-bond donors (Lipinski definition) is 1. The number of aromatic nitrogens is 4. The molecule has 2 aliphatic heterocycles. The van der Waals surface area contributed by atoms with Gasteiger partial charge in [-0.1, -0.05) is 5.16 Å². The van der Waals surface area contributed by atoms with Crippen molar-refractivity contribution >= 4 is 0 Å². The molecule has 0 spiro atoms. The summed E-state index contributed by atoms with van der Waals surface area (Å²) in [6.45, 7) is 5.32. The lowest BCUT2D eigenvalue weighted by Gasteiger charge is -2.24. The van der Waals surface area contributed by atoms with Crippen LogP contribution in [0, 0.1) is 6.92 Å². The maximum Gasteiger partial charge on any atom is 0.255 e. The highest BCUT2D eigenvalue weighted by atomic mass is 16.5. The zero-order valence-electron chi connectivity index (χ0n) is 12.1. The number of imidazole rings is 1. The van der Waals surface area contributed by atoms with E-state index in [1.165, 1.54) is 11.4 Å². The second-order valence-corrected chi connectivity index (χ2v) is 5.76. The molecule has 7 heteroatoms. The molecule has 7 nitrogen and oxygen atoms in total. The zero-order chi connectivity index (χ0) is 14.2. The zero-order valence-corrected chi connectivity index (χ0v) is 12.1. The molecule has 4 heterocycles. The molecule has 1 fully saturated rings. The van der Waals surface area contributed by atoms with Crippen LogP contribution in [0.15, 0.2) is 4.52 Å². The van der Waals surface area contributed by atoms with Gasteiger partial charge in [0, 0.05) is 26.1 Å². The molecule has 0 radical (unpaired) electrons. The Morgan fingerprint density at radius 3 is 3.19 bits per heavy atom. The van der Waals surface area contributed by atoms with Gasteiger partial charge in [0.25, 0.3) is 5.89 Å². The lowest BCUT2D eigenvalue weighted by Crippen LogP contribution is -2.30. The van der Waals surface area contributed by atoms with Crippen molar-refractivity contribution in [2.45, 2.75) is 45.4 Å². The van der Waals surface area contributed by atoms with Gasteiger partial charge in [-0.3, -0.25) is 4.90 Å². The number of ether oxygens (including phenoxy) is 1. The van der Waals surface area contributed by atoms with E-state index >= 15 is 0 Å². The number of nitrogens with one attached hydrogen (secondary N) is 1. The third-order valence-electron chi connectivity index (χ3n) is 4.08. The van der Waals surface area contributed by atoms with Gasteiger partial charge in [-0.05, 0) is 19.8 Å². The van der Waals surface area contributed by atoms with Crippen LogP contribution in [-0.2, 0) is 24.2 Å². The molecule has 0 aliphatic carbocycles. The van der Waals surface area contributed by atoms with Crippen LogP contribution < -0.4 is 0 Å². The van der Waals surface area contributed by atoms with Crippen LogP contribution in [-0.4, -0.2) is 38.2 Å². The lowest BCUT2D eigenvalue weighted by atomic mass is 10.1. The molecule has 2 aromatic heterocycles. The molecule has 0 aromatic carbocycles. The molecule has 2 aliphatic rings. The van der Waals surface area contributed by atoms with Crippen LogP contribution in [0.1, 0.15) is 47.9 Å². The molecular formula is C14H19N5O2. The van der Waals surface area contributed by atoms with Crippen molar-refractivity contribution in [2.75, 3.05) is 13.2 Å². The smallest absolute Gasteiger partial charge is 0.255 e. The van der Waals surface area contributed by atoms with Gasteiger partial charge in [0.1, 0.15) is 11.9 Å². The Hall–Kier alpha value is -1.73. The minimum atomic E-state index is -0.00512. The molecular weight excluding hydrogens is 270 g/mol. The average Bonchev–Trinajstić information content (AvgIpc) is 3.16. The van der Waals surface area contributed by atoms with Gasteiger partial charge in [0.15, 0.2) is 5.82 Å². The van der Waals surface area contributed by atoms with E-state index in [1.54, 1.807) is 0 Å². The molecule has 0 unspecified atom stereocenters. The minimum absolute atomic E-state index is 0.00512. The van der Waals surface area contributed by atoms with Gasteiger partial charge in [-0.2, -0.15) is 4.98 Å². The number of nitrogens with zero attached hydrogens (tertiary/aromatic N) is 4. The van der Waals surface area contributed by atoms with Gasteiger partial charge in [-0.25, -0.2) is 4.98 Å². The van der Waals surface area contributed by atoms with E-state index in [1.807, 2.05) is 6.92 Å². The molecule has 1 saturated heterocycles. The predicted molar refractivity (Wildman–Crippen MR) is 73.4 cm³/mol. The highest BCUT2D eigenvalue weighted by Gasteiger charge is 2.25. The number of rotatable bonds is 3. The monoisotopic (exact) mass is 289 g/mol. The standard InChI is InChI=1S/C14H19N5O2/c1-9-15-10-4-5-19(7-11(10)16-9)8-13-17-14(21-18-13)12-3-2-6-20-12/h12H,2-8H2,1H3,(H,15,16)/t12-/m0/s1. The Morgan fingerprint density at radius 1 is 1.38 bits per heavy atom. The van der Waals surface area contributed by atoms with Crippen molar-refractivity contribution in [3.63, 3.8) is 0 Å². The van der Waals surface area contributed by atoms with Crippen molar-refractivity contribution in [3.05, 3.63) is 28.9 Å². The average molecular weight is 289 g/mol. The first kappa shape index (κ1) is 13.0. The molecule has 4 rings (SSSR count). The summed E-state index contributed by atoms with van der Waals surface area (Å²) in [7, 11) is 0. The molecule has 21 heavy (non-hydrogen) atoms. The fraction of sp³-hybridized carbons (Fsp3) is 0.643. The van der Waals surface area contributed by atoms with E-state index in [0.29, 0.717) is 12.4 Å². The van der Waals surface area contributed by atoms with E-state index in [0.717, 1.165) is 50.6 Å². The number of aromatic amines is 1. The van der Waals surface area contributed by atoms with Crippen LogP contribution in [0.4, 0.5) is 0 Å². The van der Waals surface area contributed by atoms with Gasteiger partial charge in [0.05, 0.1) is 17.9 Å². The largest absolute Gasteiger partial charge is 0.368 e. The van der Waals surface area contributed by atoms with E-state index in [4.69, 9.17) is 9.26 Å². The van der Waals surface area contributed by atoms with E-state index in [-0.39, 0.29) is 6.10 Å². The summed E-state index contributed by atoms with van der Waals surface area (Å²) < 4.78 is 10.9. The predicted octanol–water partition coefficient (Wildman–Crippen LogP) is 1.51. The van der Waals surface area contributed by atoms with Crippen molar-refractivity contribution in [3.8, 4) is 0 Å². The summed E-state index contributed by atoms with van der Waals surface area (Å²) in [5.41, 5.74) is 2.40.